The van der Waals surface area contributed by atoms with Gasteiger partial charge in [0.1, 0.15) is 0 Å². The summed E-state index contributed by atoms with van der Waals surface area (Å²) in [6, 6.07) is 4.11. The van der Waals surface area contributed by atoms with Crippen LogP contribution >= 0.6 is 11.8 Å². The van der Waals surface area contributed by atoms with Gasteiger partial charge in [0.05, 0.1) is 0 Å². The van der Waals surface area contributed by atoms with Gasteiger partial charge in [-0.25, -0.2) is 0 Å². The zero-order chi connectivity index (χ0) is 11.4. The molecule has 82 valence electrons. The number of carboxylic acid groups (broad SMARTS) is 1. The Labute approximate surface area is 94.7 Å². The molecule has 1 rings (SSSR count). The van der Waals surface area contributed by atoms with Gasteiger partial charge in [0.15, 0.2) is 0 Å². The average Bonchev–Trinajstić information content (AvgIpc) is 2.14. The van der Waals surface area contributed by atoms with Crippen LogP contribution in [0.2, 0.25) is 0 Å². The second-order valence-corrected chi connectivity index (χ2v) is 4.45. The van der Waals surface area contributed by atoms with Crippen LogP contribution in [-0.2, 0) is 11.2 Å². The lowest BCUT2D eigenvalue weighted by Gasteiger charge is -2.10. The monoisotopic (exact) mass is 223 g/mol. The highest BCUT2D eigenvalue weighted by Crippen LogP contribution is 2.25. The third-order valence-electron chi connectivity index (χ3n) is 2.34. The highest BCUT2D eigenvalue weighted by Gasteiger charge is 2.03. The molecule has 0 heterocycles. The van der Waals surface area contributed by atoms with Gasteiger partial charge in [0, 0.05) is 10.9 Å². The number of carboxylic acids is 1. The zero-order valence-corrected chi connectivity index (χ0v) is 10.1. The van der Waals surface area contributed by atoms with E-state index in [0.29, 0.717) is 6.42 Å². The summed E-state index contributed by atoms with van der Waals surface area (Å²) in [6.07, 6.45) is 2.70. The first kappa shape index (κ1) is 12.1. The summed E-state index contributed by atoms with van der Waals surface area (Å²) in [5.41, 5.74) is 3.51. The molecule has 0 aliphatic carbocycles. The average molecular weight is 223 g/mol. The van der Waals surface area contributed by atoms with E-state index >= 15 is 0 Å². The molecule has 3 heteroatoms. The molecule has 0 aromatic heterocycles. The quantitative estimate of drug-likeness (QED) is 0.729. The van der Waals surface area contributed by atoms with Crippen molar-refractivity contribution in [2.45, 2.75) is 31.6 Å². The molecule has 0 radical (unpaired) electrons. The minimum Gasteiger partial charge on any atom is -0.550 e. The number of benzene rings is 1. The van der Waals surface area contributed by atoms with Gasteiger partial charge in [-0.2, -0.15) is 0 Å². The molecule has 0 saturated heterocycles. The highest BCUT2D eigenvalue weighted by molar-refractivity contribution is 7.98. The lowest BCUT2D eigenvalue weighted by Crippen LogP contribution is -2.22. The number of carbonyl (C=O) groups is 1. The Morgan fingerprint density at radius 3 is 2.27 bits per heavy atom. The second-order valence-electron chi connectivity index (χ2n) is 3.63. The molecule has 0 aliphatic rings. The standard InChI is InChI=1S/C12H16O2S/c1-8-6-10(4-5-11(13)14)7-9(2)12(8)15-3/h6-7H,4-5H2,1-3H3,(H,13,14)/p-1. The number of aryl methyl sites for hydroxylation is 3. The van der Waals surface area contributed by atoms with Crippen LogP contribution in [-0.4, -0.2) is 12.2 Å². The Hall–Kier alpha value is -0.960. The van der Waals surface area contributed by atoms with Gasteiger partial charge in [-0.05, 0) is 49.6 Å². The van der Waals surface area contributed by atoms with Gasteiger partial charge in [-0.3, -0.25) is 0 Å². The maximum absolute atomic E-state index is 10.4. The van der Waals surface area contributed by atoms with Crippen molar-refractivity contribution < 1.29 is 9.90 Å². The minimum atomic E-state index is -0.987. The molecule has 0 aliphatic heterocycles. The lowest BCUT2D eigenvalue weighted by atomic mass is 10.0. The van der Waals surface area contributed by atoms with E-state index in [9.17, 15) is 9.90 Å². The molecule has 0 spiro atoms. The molecule has 1 aromatic carbocycles. The maximum Gasteiger partial charge on any atom is 0.0417 e. The van der Waals surface area contributed by atoms with Crippen LogP contribution in [0.4, 0.5) is 0 Å². The smallest absolute Gasteiger partial charge is 0.0417 e. The Balaban J connectivity index is 2.88. The maximum atomic E-state index is 10.4. The normalized spacial score (nSPS) is 10.3. The van der Waals surface area contributed by atoms with Crippen molar-refractivity contribution in [2.75, 3.05) is 6.26 Å². The first-order valence-corrected chi connectivity index (χ1v) is 6.11. The van der Waals surface area contributed by atoms with E-state index in [1.165, 1.54) is 16.0 Å². The summed E-state index contributed by atoms with van der Waals surface area (Å²) in [7, 11) is 0. The molecule has 0 fully saturated rings. The minimum absolute atomic E-state index is 0.0947. The van der Waals surface area contributed by atoms with Gasteiger partial charge in [0.2, 0.25) is 0 Å². The number of hydrogen-bond acceptors (Lipinski definition) is 3. The summed E-state index contributed by atoms with van der Waals surface area (Å²) in [5, 5.41) is 10.4. The molecule has 0 saturated carbocycles. The zero-order valence-electron chi connectivity index (χ0n) is 9.29. The fourth-order valence-electron chi connectivity index (χ4n) is 1.75. The number of carbonyl (C=O) groups excluding carboxylic acids is 1. The van der Waals surface area contributed by atoms with Crippen LogP contribution in [0, 0.1) is 13.8 Å². The van der Waals surface area contributed by atoms with Crippen LogP contribution < -0.4 is 5.11 Å². The Bertz CT molecular complexity index is 349. The van der Waals surface area contributed by atoms with Crippen molar-refractivity contribution in [3.8, 4) is 0 Å². The Morgan fingerprint density at radius 1 is 1.33 bits per heavy atom. The first-order valence-electron chi connectivity index (χ1n) is 4.88. The Kier molecular flexibility index (Phi) is 4.21. The highest BCUT2D eigenvalue weighted by atomic mass is 32.2. The van der Waals surface area contributed by atoms with Crippen LogP contribution in [0.15, 0.2) is 17.0 Å². The molecule has 1 aromatic rings. The molecule has 0 amide bonds. The van der Waals surface area contributed by atoms with E-state index in [-0.39, 0.29) is 6.42 Å². The van der Waals surface area contributed by atoms with Gasteiger partial charge in [0.25, 0.3) is 0 Å². The molecule has 2 nitrogen and oxygen atoms in total. The van der Waals surface area contributed by atoms with E-state index in [4.69, 9.17) is 0 Å². The molecule has 0 atom stereocenters. The molecule has 0 bridgehead atoms. The van der Waals surface area contributed by atoms with Gasteiger partial charge in [-0.1, -0.05) is 12.1 Å². The summed E-state index contributed by atoms with van der Waals surface area (Å²) >= 11 is 1.73. The van der Waals surface area contributed by atoms with Crippen molar-refractivity contribution >= 4 is 17.7 Å². The van der Waals surface area contributed by atoms with E-state index < -0.39 is 5.97 Å². The fraction of sp³-hybridized carbons (Fsp3) is 0.417. The van der Waals surface area contributed by atoms with E-state index in [2.05, 4.69) is 32.2 Å². The lowest BCUT2D eigenvalue weighted by molar-refractivity contribution is -0.305. The van der Waals surface area contributed by atoms with Crippen LogP contribution in [0.25, 0.3) is 0 Å². The van der Waals surface area contributed by atoms with Crippen molar-refractivity contribution in [3.63, 3.8) is 0 Å². The third kappa shape index (κ3) is 3.27. The summed E-state index contributed by atoms with van der Waals surface area (Å²) in [5.74, 6) is -0.987. The van der Waals surface area contributed by atoms with Gasteiger partial charge in [-0.15, -0.1) is 11.8 Å². The fourth-order valence-corrected chi connectivity index (χ4v) is 2.51. The molecular weight excluding hydrogens is 208 g/mol. The summed E-state index contributed by atoms with van der Waals surface area (Å²) in [6.45, 7) is 4.11. The molecule has 0 unspecified atom stereocenters. The van der Waals surface area contributed by atoms with E-state index in [1.54, 1.807) is 11.8 Å². The molecule has 15 heavy (non-hydrogen) atoms. The van der Waals surface area contributed by atoms with E-state index in [0.717, 1.165) is 5.56 Å². The largest absolute Gasteiger partial charge is 0.550 e. The predicted octanol–water partition coefficient (Wildman–Crippen LogP) is 1.71. The van der Waals surface area contributed by atoms with Crippen LogP contribution in [0.3, 0.4) is 0 Å². The van der Waals surface area contributed by atoms with E-state index in [1.807, 2.05) is 0 Å². The SMILES string of the molecule is CSc1c(C)cc(CCC(=O)[O-])cc1C. The number of hydrogen-bond donors (Lipinski definition) is 0. The summed E-state index contributed by atoms with van der Waals surface area (Å²) in [4.78, 5) is 11.6. The number of aliphatic carboxylic acids is 1. The molecular formula is C12H15O2S-. The topological polar surface area (TPSA) is 40.1 Å². The van der Waals surface area contributed by atoms with Crippen molar-refractivity contribution in [3.05, 3.63) is 28.8 Å². The van der Waals surface area contributed by atoms with Crippen molar-refractivity contribution in [2.24, 2.45) is 0 Å². The van der Waals surface area contributed by atoms with Crippen molar-refractivity contribution in [1.29, 1.82) is 0 Å². The summed E-state index contributed by atoms with van der Waals surface area (Å²) < 4.78 is 0. The van der Waals surface area contributed by atoms with Gasteiger partial charge >= 0.3 is 0 Å². The predicted molar refractivity (Wildman–Crippen MR) is 61.0 cm³/mol. The van der Waals surface area contributed by atoms with Crippen molar-refractivity contribution in [1.82, 2.24) is 0 Å². The molecule has 0 N–H and O–H groups in total. The Morgan fingerprint density at radius 2 is 1.87 bits per heavy atom. The van der Waals surface area contributed by atoms with Crippen LogP contribution in [0.1, 0.15) is 23.1 Å². The number of rotatable bonds is 4. The van der Waals surface area contributed by atoms with Gasteiger partial charge < -0.3 is 9.90 Å². The third-order valence-corrected chi connectivity index (χ3v) is 3.39. The number of thioether (sulfide) groups is 1. The first-order chi connectivity index (χ1) is 7.04. The van der Waals surface area contributed by atoms with Crippen LogP contribution in [0.5, 0.6) is 0 Å². The second kappa shape index (κ2) is 5.21.